The maximum atomic E-state index is 13.5. The summed E-state index contributed by atoms with van der Waals surface area (Å²) in [7, 11) is 0. The number of nitrogens with one attached hydrogen (secondary N) is 1. The molecule has 4 atom stereocenters. The Labute approximate surface area is 208 Å². The molecule has 35 heavy (non-hydrogen) atoms. The topological polar surface area (TPSA) is 99.1 Å². The number of para-hydroxylation sites is 1. The Morgan fingerprint density at radius 3 is 2.66 bits per heavy atom. The van der Waals surface area contributed by atoms with Gasteiger partial charge in [0, 0.05) is 30.6 Å². The minimum absolute atomic E-state index is 0.0296. The Balaban J connectivity index is 1.64. The highest BCUT2D eigenvalue weighted by molar-refractivity contribution is 5.96. The molecule has 2 aliphatic carbocycles. The van der Waals surface area contributed by atoms with E-state index in [1.54, 1.807) is 11.0 Å². The lowest BCUT2D eigenvalue weighted by atomic mass is 9.77. The fourth-order valence-electron chi connectivity index (χ4n) is 5.80. The summed E-state index contributed by atoms with van der Waals surface area (Å²) in [5.41, 5.74) is 1.35. The standard InChI is InChI=1S/C28H40N2O5/c1-18(2)13-15-30(24(32)12-11-19-7-3-4-8-19)22-17-21(28(34)29-14-16-31)25-20-9-5-6-10-23(20)35-27(25)26(22)33/h5-6,9-10,17-19,22,25-27,31,33H,3-4,7-8,11-16H2,1-2H3,(H,29,34)/t22-,25+,26+,27+/m1/s1. The maximum absolute atomic E-state index is 13.5. The van der Waals surface area contributed by atoms with E-state index in [-0.39, 0.29) is 25.0 Å². The van der Waals surface area contributed by atoms with E-state index in [2.05, 4.69) is 19.2 Å². The van der Waals surface area contributed by atoms with Gasteiger partial charge in [-0.3, -0.25) is 9.59 Å². The van der Waals surface area contributed by atoms with Crippen LogP contribution in [0.15, 0.2) is 35.9 Å². The minimum Gasteiger partial charge on any atom is -0.486 e. The Kier molecular flexibility index (Phi) is 8.50. The molecule has 1 aromatic carbocycles. The van der Waals surface area contributed by atoms with Crippen molar-refractivity contribution in [2.24, 2.45) is 11.8 Å². The molecule has 3 N–H and O–H groups in total. The van der Waals surface area contributed by atoms with Gasteiger partial charge in [-0.05, 0) is 36.8 Å². The van der Waals surface area contributed by atoms with Crippen molar-refractivity contribution in [2.75, 3.05) is 19.7 Å². The lowest BCUT2D eigenvalue weighted by Crippen LogP contribution is -2.56. The molecule has 2 amide bonds. The zero-order valence-electron chi connectivity index (χ0n) is 21.0. The van der Waals surface area contributed by atoms with E-state index < -0.39 is 24.2 Å². The zero-order valence-corrected chi connectivity index (χ0v) is 21.0. The van der Waals surface area contributed by atoms with Crippen LogP contribution in [0.2, 0.25) is 0 Å². The molecule has 0 aromatic heterocycles. The van der Waals surface area contributed by atoms with E-state index >= 15 is 0 Å². The molecule has 1 aromatic rings. The second-order valence-corrected chi connectivity index (χ2v) is 10.6. The molecular weight excluding hydrogens is 444 g/mol. The number of benzene rings is 1. The van der Waals surface area contributed by atoms with Crippen molar-refractivity contribution < 1.29 is 24.5 Å². The highest BCUT2D eigenvalue weighted by atomic mass is 16.5. The van der Waals surface area contributed by atoms with Crippen LogP contribution in [0.5, 0.6) is 5.75 Å². The number of carbonyl (C=O) groups is 2. The fraction of sp³-hybridized carbons (Fsp3) is 0.643. The van der Waals surface area contributed by atoms with Crippen LogP contribution in [-0.4, -0.2) is 64.9 Å². The van der Waals surface area contributed by atoms with Gasteiger partial charge in [-0.2, -0.15) is 0 Å². The van der Waals surface area contributed by atoms with Crippen molar-refractivity contribution in [3.63, 3.8) is 0 Å². The summed E-state index contributed by atoms with van der Waals surface area (Å²) in [5, 5.41) is 23.5. The van der Waals surface area contributed by atoms with Crippen LogP contribution in [0.3, 0.4) is 0 Å². The summed E-state index contributed by atoms with van der Waals surface area (Å²) < 4.78 is 6.18. The average Bonchev–Trinajstić information content (AvgIpc) is 3.50. The third-order valence-corrected chi connectivity index (χ3v) is 7.75. The molecule has 192 valence electrons. The second-order valence-electron chi connectivity index (χ2n) is 10.6. The molecule has 0 spiro atoms. The molecule has 0 unspecified atom stereocenters. The lowest BCUT2D eigenvalue weighted by molar-refractivity contribution is -0.137. The number of rotatable bonds is 10. The number of amides is 2. The maximum Gasteiger partial charge on any atom is 0.247 e. The highest BCUT2D eigenvalue weighted by Gasteiger charge is 2.50. The number of nitrogens with zero attached hydrogens (tertiary/aromatic N) is 1. The Hall–Kier alpha value is -2.38. The van der Waals surface area contributed by atoms with Crippen LogP contribution in [-0.2, 0) is 9.59 Å². The van der Waals surface area contributed by atoms with Crippen LogP contribution in [0.1, 0.15) is 70.3 Å². The molecule has 4 rings (SSSR count). The number of carbonyl (C=O) groups excluding carboxylic acids is 2. The Morgan fingerprint density at radius 2 is 1.94 bits per heavy atom. The highest BCUT2D eigenvalue weighted by Crippen LogP contribution is 2.47. The van der Waals surface area contributed by atoms with Crippen molar-refractivity contribution in [1.29, 1.82) is 0 Å². The van der Waals surface area contributed by atoms with Crippen molar-refractivity contribution >= 4 is 11.8 Å². The van der Waals surface area contributed by atoms with E-state index in [4.69, 9.17) is 4.74 Å². The van der Waals surface area contributed by atoms with E-state index in [0.29, 0.717) is 36.1 Å². The van der Waals surface area contributed by atoms with E-state index in [9.17, 15) is 19.8 Å². The first kappa shape index (κ1) is 25.7. The molecule has 1 heterocycles. The number of hydrogen-bond acceptors (Lipinski definition) is 5. The van der Waals surface area contributed by atoms with E-state index in [1.807, 2.05) is 24.3 Å². The van der Waals surface area contributed by atoms with Crippen LogP contribution < -0.4 is 10.1 Å². The van der Waals surface area contributed by atoms with E-state index in [0.717, 1.165) is 18.4 Å². The first-order valence-corrected chi connectivity index (χ1v) is 13.2. The summed E-state index contributed by atoms with van der Waals surface area (Å²) in [5.74, 6) is 0.975. The molecule has 3 aliphatic rings. The van der Waals surface area contributed by atoms with Gasteiger partial charge in [0.2, 0.25) is 11.8 Å². The third-order valence-electron chi connectivity index (χ3n) is 7.75. The number of ether oxygens (including phenoxy) is 1. The fourth-order valence-corrected chi connectivity index (χ4v) is 5.80. The minimum atomic E-state index is -0.954. The van der Waals surface area contributed by atoms with Gasteiger partial charge < -0.3 is 25.2 Å². The number of aliphatic hydroxyl groups excluding tert-OH is 2. The smallest absolute Gasteiger partial charge is 0.247 e. The van der Waals surface area contributed by atoms with Crippen LogP contribution in [0, 0.1) is 11.8 Å². The first-order valence-electron chi connectivity index (χ1n) is 13.2. The molecule has 0 bridgehead atoms. The van der Waals surface area contributed by atoms with Gasteiger partial charge >= 0.3 is 0 Å². The molecule has 7 nitrogen and oxygen atoms in total. The molecule has 1 aliphatic heterocycles. The Morgan fingerprint density at radius 1 is 1.20 bits per heavy atom. The summed E-state index contributed by atoms with van der Waals surface area (Å²) in [6, 6.07) is 6.89. The number of fused-ring (bicyclic) bond motifs is 3. The predicted molar refractivity (Wildman–Crippen MR) is 134 cm³/mol. The molecule has 1 saturated carbocycles. The monoisotopic (exact) mass is 484 g/mol. The largest absolute Gasteiger partial charge is 0.486 e. The molecule has 1 fully saturated rings. The van der Waals surface area contributed by atoms with Gasteiger partial charge in [0.1, 0.15) is 18.0 Å². The summed E-state index contributed by atoms with van der Waals surface area (Å²) in [4.78, 5) is 28.5. The Bertz CT molecular complexity index is 924. The molecule has 0 saturated heterocycles. The molecule has 7 heteroatoms. The van der Waals surface area contributed by atoms with Crippen molar-refractivity contribution in [3.05, 3.63) is 41.5 Å². The van der Waals surface area contributed by atoms with Crippen molar-refractivity contribution in [2.45, 2.75) is 83.0 Å². The van der Waals surface area contributed by atoms with Gasteiger partial charge in [0.25, 0.3) is 0 Å². The average molecular weight is 485 g/mol. The second kappa shape index (κ2) is 11.6. The van der Waals surface area contributed by atoms with Crippen LogP contribution in [0.4, 0.5) is 0 Å². The lowest BCUT2D eigenvalue weighted by Gasteiger charge is -2.41. The van der Waals surface area contributed by atoms with Gasteiger partial charge in [-0.1, -0.05) is 57.7 Å². The van der Waals surface area contributed by atoms with Gasteiger partial charge in [-0.25, -0.2) is 0 Å². The van der Waals surface area contributed by atoms with Crippen LogP contribution >= 0.6 is 0 Å². The normalized spacial score (nSPS) is 25.6. The third kappa shape index (κ3) is 5.72. The van der Waals surface area contributed by atoms with E-state index in [1.165, 1.54) is 25.7 Å². The van der Waals surface area contributed by atoms with Crippen LogP contribution in [0.25, 0.3) is 0 Å². The van der Waals surface area contributed by atoms with Gasteiger partial charge in [0.15, 0.2) is 0 Å². The molecule has 0 radical (unpaired) electrons. The summed E-state index contributed by atoms with van der Waals surface area (Å²) in [6.07, 6.45) is 7.19. The number of hydrogen-bond donors (Lipinski definition) is 3. The number of aliphatic hydroxyl groups is 2. The van der Waals surface area contributed by atoms with Gasteiger partial charge in [-0.15, -0.1) is 0 Å². The predicted octanol–water partition coefficient (Wildman–Crippen LogP) is 3.15. The SMILES string of the molecule is CC(C)CCN(C(=O)CCC1CCCC1)[C@@H]1C=C(C(=O)NCCO)[C@@H]2c3ccccc3O[C@@H]2[C@H]1O. The van der Waals surface area contributed by atoms with Gasteiger partial charge in [0.05, 0.1) is 18.6 Å². The first-order chi connectivity index (χ1) is 16.9. The quantitative estimate of drug-likeness (QED) is 0.474. The van der Waals surface area contributed by atoms with Crippen molar-refractivity contribution in [3.8, 4) is 5.75 Å². The summed E-state index contributed by atoms with van der Waals surface area (Å²) >= 11 is 0. The summed E-state index contributed by atoms with van der Waals surface area (Å²) in [6.45, 7) is 4.74. The molecular formula is C28H40N2O5. The van der Waals surface area contributed by atoms with Crippen molar-refractivity contribution in [1.82, 2.24) is 10.2 Å². The zero-order chi connectivity index (χ0) is 24.9.